The fourth-order valence-corrected chi connectivity index (χ4v) is 2.65. The smallest absolute Gasteiger partial charge is 0.301 e. The molecule has 2 heterocycles. The second-order valence-corrected chi connectivity index (χ2v) is 4.76. The van der Waals surface area contributed by atoms with E-state index in [1.165, 1.54) is 0 Å². The van der Waals surface area contributed by atoms with Gasteiger partial charge in [0.05, 0.1) is 12.2 Å². The van der Waals surface area contributed by atoms with Crippen molar-refractivity contribution in [2.45, 2.75) is 50.7 Å². The van der Waals surface area contributed by atoms with E-state index in [9.17, 15) is 18.0 Å². The number of ether oxygens (including phenoxy) is 1. The van der Waals surface area contributed by atoms with Gasteiger partial charge in [-0.3, -0.25) is 4.79 Å². The van der Waals surface area contributed by atoms with Gasteiger partial charge in [0.15, 0.2) is 5.83 Å². The molecule has 2 atom stereocenters. The van der Waals surface area contributed by atoms with E-state index in [1.54, 1.807) is 0 Å². The Morgan fingerprint density at radius 2 is 1.65 bits per heavy atom. The number of fused-ring (bicyclic) bond motifs is 2. The molecule has 0 aromatic heterocycles. The van der Waals surface area contributed by atoms with Crippen LogP contribution in [0.15, 0.2) is 11.9 Å². The Bertz CT molecular complexity index is 325. The summed E-state index contributed by atoms with van der Waals surface area (Å²) in [5, 5.41) is 0. The molecule has 0 radical (unpaired) electrons. The largest absolute Gasteiger partial charge is 0.375 e. The Kier molecular flexibility index (Phi) is 3.86. The van der Waals surface area contributed by atoms with Crippen molar-refractivity contribution < 1.29 is 22.7 Å². The van der Waals surface area contributed by atoms with E-state index in [1.807, 2.05) is 0 Å². The zero-order valence-corrected chi connectivity index (χ0v) is 9.43. The van der Waals surface area contributed by atoms with E-state index in [0.29, 0.717) is 12.8 Å². The summed E-state index contributed by atoms with van der Waals surface area (Å²) in [6.07, 6.45) is 0.634. The Balaban J connectivity index is 1.82. The predicted octanol–water partition coefficient (Wildman–Crippen LogP) is 3.37. The fraction of sp³-hybridized carbons (Fsp3) is 0.750. The van der Waals surface area contributed by atoms with E-state index >= 15 is 0 Å². The van der Waals surface area contributed by atoms with Crippen LogP contribution in [0.4, 0.5) is 13.2 Å². The van der Waals surface area contributed by atoms with Crippen LogP contribution in [0.25, 0.3) is 0 Å². The zero-order valence-electron chi connectivity index (χ0n) is 9.43. The van der Waals surface area contributed by atoms with Crippen LogP contribution in [0.5, 0.6) is 0 Å². The number of hydrogen-bond donors (Lipinski definition) is 0. The molecule has 2 fully saturated rings. The van der Waals surface area contributed by atoms with E-state index in [0.717, 1.165) is 12.8 Å². The van der Waals surface area contributed by atoms with Gasteiger partial charge in [0.25, 0.3) is 0 Å². The van der Waals surface area contributed by atoms with Crippen LogP contribution in [-0.4, -0.2) is 18.0 Å². The highest BCUT2D eigenvalue weighted by atomic mass is 19.3. The van der Waals surface area contributed by atoms with Gasteiger partial charge < -0.3 is 4.74 Å². The average Bonchev–Trinajstić information content (AvgIpc) is 2.64. The van der Waals surface area contributed by atoms with Crippen molar-refractivity contribution in [3.63, 3.8) is 0 Å². The lowest BCUT2D eigenvalue weighted by molar-refractivity contribution is -0.128. The van der Waals surface area contributed by atoms with Crippen molar-refractivity contribution in [3.8, 4) is 0 Å². The molecule has 0 aromatic carbocycles. The SMILES string of the molecule is O=C(CCC(F)=C(F)F)C1CC2CCC(C1)O2. The van der Waals surface area contributed by atoms with Crippen LogP contribution >= 0.6 is 0 Å². The number of carbonyl (C=O) groups excluding carboxylic acids is 1. The van der Waals surface area contributed by atoms with Crippen molar-refractivity contribution in [1.29, 1.82) is 0 Å². The molecule has 2 nitrogen and oxygen atoms in total. The van der Waals surface area contributed by atoms with Gasteiger partial charge >= 0.3 is 6.08 Å². The van der Waals surface area contributed by atoms with Crippen LogP contribution in [0.1, 0.15) is 38.5 Å². The minimum absolute atomic E-state index is 0.110. The maximum Gasteiger partial charge on any atom is 0.301 e. The number of allylic oxidation sites excluding steroid dienone is 1. The van der Waals surface area contributed by atoms with Crippen LogP contribution in [-0.2, 0) is 9.53 Å². The third-order valence-corrected chi connectivity index (χ3v) is 3.54. The standard InChI is InChI=1S/C12H15F3O2/c13-10(12(14)15)3-4-11(16)7-5-8-1-2-9(6-7)17-8/h7-9H,1-6H2. The van der Waals surface area contributed by atoms with E-state index in [-0.39, 0.29) is 30.3 Å². The second kappa shape index (κ2) is 5.21. The first-order valence-electron chi connectivity index (χ1n) is 5.94. The first-order valence-corrected chi connectivity index (χ1v) is 5.94. The van der Waals surface area contributed by atoms with E-state index < -0.39 is 18.3 Å². The third-order valence-electron chi connectivity index (χ3n) is 3.54. The lowest BCUT2D eigenvalue weighted by Crippen LogP contribution is -2.29. The number of halogens is 3. The molecule has 0 N–H and O–H groups in total. The molecule has 96 valence electrons. The molecule has 0 amide bonds. The van der Waals surface area contributed by atoms with Crippen molar-refractivity contribution >= 4 is 5.78 Å². The highest BCUT2D eigenvalue weighted by molar-refractivity contribution is 5.81. The number of Topliss-reactive ketones (excluding diaryl/α,β-unsaturated/α-hetero) is 1. The summed E-state index contributed by atoms with van der Waals surface area (Å²) < 4.78 is 41.8. The molecule has 0 aromatic rings. The lowest BCUT2D eigenvalue weighted by Gasteiger charge is -2.27. The minimum atomic E-state index is -2.31. The molecule has 5 heteroatoms. The summed E-state index contributed by atoms with van der Waals surface area (Å²) in [7, 11) is 0. The fourth-order valence-electron chi connectivity index (χ4n) is 2.65. The molecule has 0 aliphatic carbocycles. The molecular formula is C12H15F3O2. The lowest BCUT2D eigenvalue weighted by atomic mass is 9.89. The molecule has 0 spiro atoms. The van der Waals surface area contributed by atoms with Crippen LogP contribution < -0.4 is 0 Å². The highest BCUT2D eigenvalue weighted by Gasteiger charge is 2.37. The zero-order chi connectivity index (χ0) is 12.4. The molecule has 2 saturated heterocycles. The number of rotatable bonds is 4. The van der Waals surface area contributed by atoms with Gasteiger partial charge in [-0.25, -0.2) is 4.39 Å². The second-order valence-electron chi connectivity index (χ2n) is 4.76. The Hall–Kier alpha value is -0.840. The van der Waals surface area contributed by atoms with Crippen LogP contribution in [0.3, 0.4) is 0 Å². The first kappa shape index (κ1) is 12.6. The third kappa shape index (κ3) is 3.09. The quantitative estimate of drug-likeness (QED) is 0.762. The van der Waals surface area contributed by atoms with Crippen molar-refractivity contribution in [2.24, 2.45) is 5.92 Å². The van der Waals surface area contributed by atoms with Gasteiger partial charge in [0.2, 0.25) is 0 Å². The summed E-state index contributed by atoms with van der Waals surface area (Å²) in [4.78, 5) is 11.8. The molecular weight excluding hydrogens is 233 g/mol. The van der Waals surface area contributed by atoms with Crippen LogP contribution in [0.2, 0.25) is 0 Å². The van der Waals surface area contributed by atoms with Gasteiger partial charge in [-0.1, -0.05) is 0 Å². The topological polar surface area (TPSA) is 26.3 Å². The Labute approximate surface area is 97.8 Å². The minimum Gasteiger partial charge on any atom is -0.375 e. The number of carbonyl (C=O) groups is 1. The summed E-state index contributed by atoms with van der Waals surface area (Å²) in [6.45, 7) is 0. The Morgan fingerprint density at radius 1 is 1.06 bits per heavy atom. The summed E-state index contributed by atoms with van der Waals surface area (Å²) in [6, 6.07) is 0. The molecule has 2 aliphatic rings. The highest BCUT2D eigenvalue weighted by Crippen LogP contribution is 2.37. The average molecular weight is 248 g/mol. The summed E-state index contributed by atoms with van der Waals surface area (Å²) >= 11 is 0. The molecule has 2 rings (SSSR count). The van der Waals surface area contributed by atoms with Crippen molar-refractivity contribution in [1.82, 2.24) is 0 Å². The maximum absolute atomic E-state index is 12.6. The first-order chi connectivity index (χ1) is 8.06. The normalized spacial score (nSPS) is 31.4. The molecule has 2 bridgehead atoms. The predicted molar refractivity (Wildman–Crippen MR) is 55.2 cm³/mol. The van der Waals surface area contributed by atoms with Gasteiger partial charge in [-0.15, -0.1) is 0 Å². The summed E-state index contributed by atoms with van der Waals surface area (Å²) in [5.74, 6) is -1.70. The molecule has 0 saturated carbocycles. The van der Waals surface area contributed by atoms with Gasteiger partial charge in [0, 0.05) is 18.8 Å². The van der Waals surface area contributed by atoms with Crippen LogP contribution in [0, 0.1) is 5.92 Å². The van der Waals surface area contributed by atoms with Crippen molar-refractivity contribution in [3.05, 3.63) is 11.9 Å². The maximum atomic E-state index is 12.6. The number of ketones is 1. The van der Waals surface area contributed by atoms with E-state index in [2.05, 4.69) is 0 Å². The van der Waals surface area contributed by atoms with Gasteiger partial charge in [-0.2, -0.15) is 8.78 Å². The van der Waals surface area contributed by atoms with E-state index in [4.69, 9.17) is 4.74 Å². The number of hydrogen-bond acceptors (Lipinski definition) is 2. The molecule has 17 heavy (non-hydrogen) atoms. The van der Waals surface area contributed by atoms with Gasteiger partial charge in [-0.05, 0) is 25.7 Å². The monoisotopic (exact) mass is 248 g/mol. The summed E-state index contributed by atoms with van der Waals surface area (Å²) in [5.41, 5.74) is 0. The molecule has 2 unspecified atom stereocenters. The van der Waals surface area contributed by atoms with Gasteiger partial charge in [0.1, 0.15) is 5.78 Å². The molecule has 2 aliphatic heterocycles. The van der Waals surface area contributed by atoms with Crippen molar-refractivity contribution in [2.75, 3.05) is 0 Å². The Morgan fingerprint density at radius 3 is 2.18 bits per heavy atom.